The first-order chi connectivity index (χ1) is 9.43. The van der Waals surface area contributed by atoms with Crippen LogP contribution in [-0.4, -0.2) is 33.8 Å². The number of nitrogens with one attached hydrogen (secondary N) is 1. The third kappa shape index (κ3) is 2.59. The van der Waals surface area contributed by atoms with Gasteiger partial charge >= 0.3 is 0 Å². The van der Waals surface area contributed by atoms with Gasteiger partial charge in [-0.3, -0.25) is 4.68 Å². The Bertz CT molecular complexity index is 614. The Kier molecular flexibility index (Phi) is 3.92. The van der Waals surface area contributed by atoms with Crippen LogP contribution in [0.5, 0.6) is 0 Å². The SMILES string of the molecule is CCc1nn(C)c(Nc2ncc(C)c(N(C)C)n2)c1C. The molecule has 0 spiro atoms. The smallest absolute Gasteiger partial charge is 0.230 e. The van der Waals surface area contributed by atoms with Crippen molar-refractivity contribution in [2.45, 2.75) is 27.2 Å². The number of aryl methyl sites for hydroxylation is 3. The van der Waals surface area contributed by atoms with Gasteiger partial charge in [-0.15, -0.1) is 0 Å². The van der Waals surface area contributed by atoms with Gasteiger partial charge in [0.25, 0.3) is 0 Å². The summed E-state index contributed by atoms with van der Waals surface area (Å²) in [7, 11) is 5.88. The third-order valence-electron chi connectivity index (χ3n) is 3.32. The average molecular weight is 274 g/mol. The van der Waals surface area contributed by atoms with Gasteiger partial charge in [-0.05, 0) is 20.3 Å². The molecule has 6 heteroatoms. The quantitative estimate of drug-likeness (QED) is 0.926. The van der Waals surface area contributed by atoms with Gasteiger partial charge in [0, 0.05) is 38.5 Å². The molecule has 2 aromatic heterocycles. The summed E-state index contributed by atoms with van der Waals surface area (Å²) in [6.07, 6.45) is 2.75. The van der Waals surface area contributed by atoms with E-state index in [1.165, 1.54) is 0 Å². The molecule has 6 nitrogen and oxygen atoms in total. The molecule has 0 bridgehead atoms. The number of hydrogen-bond acceptors (Lipinski definition) is 5. The standard InChI is InChI=1S/C14H22N6/c1-7-11-10(3)13(20(6)18-11)17-14-15-8-9(2)12(16-14)19(4)5/h8H,7H2,1-6H3,(H,15,16,17). The lowest BCUT2D eigenvalue weighted by molar-refractivity contribution is 0.752. The predicted octanol–water partition coefficient (Wildman–Crippen LogP) is 2.20. The van der Waals surface area contributed by atoms with Crippen LogP contribution in [0.2, 0.25) is 0 Å². The molecule has 0 radical (unpaired) electrons. The van der Waals surface area contributed by atoms with Crippen molar-refractivity contribution >= 4 is 17.6 Å². The fourth-order valence-corrected chi connectivity index (χ4v) is 2.25. The van der Waals surface area contributed by atoms with E-state index in [2.05, 4.69) is 34.2 Å². The van der Waals surface area contributed by atoms with E-state index in [-0.39, 0.29) is 0 Å². The lowest BCUT2D eigenvalue weighted by atomic mass is 10.2. The van der Waals surface area contributed by atoms with Crippen molar-refractivity contribution in [1.82, 2.24) is 19.7 Å². The highest BCUT2D eigenvalue weighted by atomic mass is 15.3. The molecule has 2 rings (SSSR count). The van der Waals surface area contributed by atoms with Gasteiger partial charge in [0.05, 0.1) is 5.69 Å². The monoisotopic (exact) mass is 274 g/mol. The summed E-state index contributed by atoms with van der Waals surface area (Å²) in [5.74, 6) is 2.45. The molecule has 1 N–H and O–H groups in total. The molecule has 0 aliphatic heterocycles. The average Bonchev–Trinajstić information content (AvgIpc) is 2.67. The largest absolute Gasteiger partial charge is 0.362 e. The minimum absolute atomic E-state index is 0.591. The van der Waals surface area contributed by atoms with E-state index in [4.69, 9.17) is 0 Å². The first-order valence-electron chi connectivity index (χ1n) is 6.74. The predicted molar refractivity (Wildman–Crippen MR) is 81.7 cm³/mol. The Morgan fingerprint density at radius 2 is 2.00 bits per heavy atom. The summed E-state index contributed by atoms with van der Waals surface area (Å²) in [5.41, 5.74) is 3.29. The number of aromatic nitrogens is 4. The van der Waals surface area contributed by atoms with Crippen LogP contribution in [0.1, 0.15) is 23.7 Å². The van der Waals surface area contributed by atoms with Gasteiger partial charge in [-0.25, -0.2) is 4.98 Å². The van der Waals surface area contributed by atoms with E-state index < -0.39 is 0 Å². The number of rotatable bonds is 4. The van der Waals surface area contributed by atoms with Gasteiger partial charge < -0.3 is 10.2 Å². The van der Waals surface area contributed by atoms with Crippen LogP contribution in [-0.2, 0) is 13.5 Å². The van der Waals surface area contributed by atoms with Gasteiger partial charge in [0.1, 0.15) is 11.6 Å². The van der Waals surface area contributed by atoms with Crippen molar-refractivity contribution in [1.29, 1.82) is 0 Å². The second kappa shape index (κ2) is 5.48. The Morgan fingerprint density at radius 3 is 2.55 bits per heavy atom. The van der Waals surface area contributed by atoms with Crippen LogP contribution in [0.3, 0.4) is 0 Å². The van der Waals surface area contributed by atoms with Crippen LogP contribution in [0.15, 0.2) is 6.20 Å². The summed E-state index contributed by atoms with van der Waals surface area (Å²) >= 11 is 0. The van der Waals surface area contributed by atoms with Crippen LogP contribution in [0.4, 0.5) is 17.6 Å². The number of nitrogens with zero attached hydrogens (tertiary/aromatic N) is 5. The Labute approximate surface area is 119 Å². The molecular formula is C14H22N6. The zero-order valence-corrected chi connectivity index (χ0v) is 13.0. The topological polar surface area (TPSA) is 58.9 Å². The highest BCUT2D eigenvalue weighted by Crippen LogP contribution is 2.23. The minimum atomic E-state index is 0.591. The summed E-state index contributed by atoms with van der Waals surface area (Å²) in [4.78, 5) is 10.9. The molecule has 0 fully saturated rings. The summed E-state index contributed by atoms with van der Waals surface area (Å²) in [6.45, 7) is 6.17. The molecule has 0 saturated heterocycles. The van der Waals surface area contributed by atoms with Gasteiger partial charge in [-0.1, -0.05) is 6.92 Å². The Hall–Kier alpha value is -2.11. The maximum absolute atomic E-state index is 4.55. The zero-order chi connectivity index (χ0) is 14.9. The van der Waals surface area contributed by atoms with Crippen molar-refractivity contribution in [3.8, 4) is 0 Å². The van der Waals surface area contributed by atoms with Crippen LogP contribution >= 0.6 is 0 Å². The summed E-state index contributed by atoms with van der Waals surface area (Å²) in [5, 5.41) is 7.76. The third-order valence-corrected chi connectivity index (χ3v) is 3.32. The van der Waals surface area contributed by atoms with Gasteiger partial charge in [0.15, 0.2) is 0 Å². The van der Waals surface area contributed by atoms with E-state index in [0.29, 0.717) is 5.95 Å². The van der Waals surface area contributed by atoms with E-state index in [9.17, 15) is 0 Å². The Morgan fingerprint density at radius 1 is 1.30 bits per heavy atom. The molecule has 0 atom stereocenters. The van der Waals surface area contributed by atoms with E-state index in [0.717, 1.165) is 34.9 Å². The molecule has 0 amide bonds. The lowest BCUT2D eigenvalue weighted by Crippen LogP contribution is -2.14. The summed E-state index contributed by atoms with van der Waals surface area (Å²) in [6, 6.07) is 0. The first-order valence-corrected chi connectivity index (χ1v) is 6.74. The Balaban J connectivity index is 2.35. The van der Waals surface area contributed by atoms with Gasteiger partial charge in [-0.2, -0.15) is 10.1 Å². The van der Waals surface area contributed by atoms with Crippen molar-refractivity contribution in [2.24, 2.45) is 7.05 Å². The fraction of sp³-hybridized carbons (Fsp3) is 0.500. The van der Waals surface area contributed by atoms with Crippen LogP contribution in [0.25, 0.3) is 0 Å². The van der Waals surface area contributed by atoms with Crippen LogP contribution < -0.4 is 10.2 Å². The maximum Gasteiger partial charge on any atom is 0.230 e. The van der Waals surface area contributed by atoms with E-state index >= 15 is 0 Å². The number of anilines is 3. The van der Waals surface area contributed by atoms with Crippen molar-refractivity contribution in [3.05, 3.63) is 23.0 Å². The molecule has 0 saturated carbocycles. The highest BCUT2D eigenvalue weighted by molar-refractivity contribution is 5.57. The maximum atomic E-state index is 4.55. The second-order valence-electron chi connectivity index (χ2n) is 5.12. The molecule has 0 aromatic carbocycles. The molecule has 20 heavy (non-hydrogen) atoms. The van der Waals surface area contributed by atoms with Crippen molar-refractivity contribution in [2.75, 3.05) is 24.3 Å². The minimum Gasteiger partial charge on any atom is -0.362 e. The van der Waals surface area contributed by atoms with E-state index in [1.54, 1.807) is 0 Å². The molecule has 0 aliphatic rings. The molecule has 0 aliphatic carbocycles. The van der Waals surface area contributed by atoms with Crippen molar-refractivity contribution in [3.63, 3.8) is 0 Å². The fourth-order valence-electron chi connectivity index (χ4n) is 2.25. The lowest BCUT2D eigenvalue weighted by Gasteiger charge is -2.15. The zero-order valence-electron chi connectivity index (χ0n) is 13.0. The summed E-state index contributed by atoms with van der Waals surface area (Å²) < 4.78 is 1.84. The van der Waals surface area contributed by atoms with Crippen molar-refractivity contribution < 1.29 is 0 Å². The first kappa shape index (κ1) is 14.3. The molecule has 0 unspecified atom stereocenters. The van der Waals surface area contributed by atoms with E-state index in [1.807, 2.05) is 43.8 Å². The highest BCUT2D eigenvalue weighted by Gasteiger charge is 2.13. The molecule has 2 heterocycles. The molecular weight excluding hydrogens is 252 g/mol. The molecule has 108 valence electrons. The van der Waals surface area contributed by atoms with Crippen LogP contribution in [0, 0.1) is 13.8 Å². The number of hydrogen-bond donors (Lipinski definition) is 1. The van der Waals surface area contributed by atoms with Gasteiger partial charge in [0.2, 0.25) is 5.95 Å². The molecule has 2 aromatic rings. The normalized spacial score (nSPS) is 10.7. The second-order valence-corrected chi connectivity index (χ2v) is 5.12.